The van der Waals surface area contributed by atoms with Gasteiger partial charge in [-0.1, -0.05) is 50.6 Å². The number of halogens is 1. The molecule has 1 atom stereocenters. The quantitative estimate of drug-likeness (QED) is 0.0468. The number of hydrogen-bond acceptors (Lipinski definition) is 11. The molecule has 0 unspecified atom stereocenters. The number of fused-ring (bicyclic) bond motifs is 1. The zero-order valence-electron chi connectivity index (χ0n) is 35.5. The van der Waals surface area contributed by atoms with Crippen LogP contribution in [0.4, 0.5) is 0 Å². The van der Waals surface area contributed by atoms with Gasteiger partial charge in [0, 0.05) is 48.8 Å². The van der Waals surface area contributed by atoms with Gasteiger partial charge in [-0.25, -0.2) is 4.79 Å². The molecule has 0 spiro atoms. The number of benzene rings is 2. The first kappa shape index (κ1) is 45.8. The van der Waals surface area contributed by atoms with Gasteiger partial charge in [-0.2, -0.15) is 0 Å². The van der Waals surface area contributed by atoms with Crippen LogP contribution in [0.25, 0.3) is 10.9 Å². The summed E-state index contributed by atoms with van der Waals surface area (Å²) in [7, 11) is 1.51. The molecule has 0 saturated heterocycles. The standard InChI is InChI=1S/C45H58ClN3O8S2Si/c1-44(2,3)60(6,7)57-38(32-17-19-35(50)42-33(32)18-20-41(51)48-42)28-47-27-29-25-34(46)37(26-36(29)54-5)55-22-10-21-49(4)30-13-15-31(16-14-30)56-45(43(52)53,39-11-8-23-58-39)40-12-9-24-59-40/h8-9,11-12,17-20,23-26,30-31,38,47,50H,10,13-16,21-22,27-28H2,1-7H3,(H,48,51)(H,52,53)/t30?,31?,38-/m0/s1. The van der Waals surface area contributed by atoms with Crippen molar-refractivity contribution in [1.82, 2.24) is 15.2 Å². The Morgan fingerprint density at radius 1 is 1.02 bits per heavy atom. The number of aromatic hydroxyl groups is 1. The number of aromatic nitrogens is 1. The summed E-state index contributed by atoms with van der Waals surface area (Å²) in [5.41, 5.74) is 0.356. The second kappa shape index (κ2) is 19.5. The smallest absolute Gasteiger partial charge is 0.347 e. The molecule has 4 N–H and O–H groups in total. The first-order valence-corrected chi connectivity index (χ1v) is 25.5. The molecule has 0 radical (unpaired) electrons. The molecule has 0 aliphatic heterocycles. The largest absolute Gasteiger partial charge is 0.506 e. The molecular formula is C45H58ClN3O8S2Si. The van der Waals surface area contributed by atoms with Crippen molar-refractivity contribution >= 4 is 59.5 Å². The summed E-state index contributed by atoms with van der Waals surface area (Å²) in [5, 5.41) is 29.6. The van der Waals surface area contributed by atoms with Crippen molar-refractivity contribution in [2.24, 2.45) is 0 Å². The zero-order valence-corrected chi connectivity index (χ0v) is 38.9. The molecule has 0 bridgehead atoms. The molecule has 1 aliphatic rings. The van der Waals surface area contributed by atoms with E-state index in [9.17, 15) is 19.8 Å². The Kier molecular flexibility index (Phi) is 14.9. The van der Waals surface area contributed by atoms with Crippen LogP contribution in [-0.4, -0.2) is 80.4 Å². The number of pyridine rings is 1. The van der Waals surface area contributed by atoms with E-state index < -0.39 is 19.9 Å². The molecule has 60 heavy (non-hydrogen) atoms. The first-order valence-electron chi connectivity index (χ1n) is 20.5. The number of rotatable bonds is 19. The van der Waals surface area contributed by atoms with Crippen molar-refractivity contribution in [2.45, 2.75) is 101 Å². The van der Waals surface area contributed by atoms with Crippen LogP contribution in [0.3, 0.4) is 0 Å². The van der Waals surface area contributed by atoms with Gasteiger partial charge < -0.3 is 44.1 Å². The number of hydrogen-bond donors (Lipinski definition) is 4. The number of thiophene rings is 2. The molecule has 15 heteroatoms. The maximum atomic E-state index is 12.8. The predicted molar refractivity (Wildman–Crippen MR) is 244 cm³/mol. The number of phenolic OH excluding ortho intramolecular Hbond substituents is 1. The lowest BCUT2D eigenvalue weighted by molar-refractivity contribution is -0.170. The van der Waals surface area contributed by atoms with E-state index >= 15 is 0 Å². The van der Waals surface area contributed by atoms with Gasteiger partial charge >= 0.3 is 5.97 Å². The monoisotopic (exact) mass is 895 g/mol. The molecule has 1 saturated carbocycles. The van der Waals surface area contributed by atoms with Gasteiger partial charge in [0.05, 0.1) is 46.2 Å². The minimum absolute atomic E-state index is 0.00928. The first-order chi connectivity index (χ1) is 28.5. The van der Waals surface area contributed by atoms with Crippen molar-refractivity contribution in [2.75, 3.05) is 33.9 Å². The van der Waals surface area contributed by atoms with E-state index in [1.165, 1.54) is 28.7 Å². The number of nitrogens with one attached hydrogen (secondary N) is 2. The van der Waals surface area contributed by atoms with Gasteiger partial charge in [0.1, 0.15) is 17.2 Å². The number of methoxy groups -OCH3 is 1. The predicted octanol–water partition coefficient (Wildman–Crippen LogP) is 9.93. The lowest BCUT2D eigenvalue weighted by Crippen LogP contribution is -2.44. The van der Waals surface area contributed by atoms with E-state index in [0.29, 0.717) is 57.5 Å². The third-order valence-corrected chi connectivity index (χ3v) is 18.8. The van der Waals surface area contributed by atoms with E-state index in [-0.39, 0.29) is 28.6 Å². The Hall–Kier alpha value is -3.73. The lowest BCUT2D eigenvalue weighted by Gasteiger charge is -2.39. The molecule has 5 aromatic rings. The average molecular weight is 897 g/mol. The summed E-state index contributed by atoms with van der Waals surface area (Å²) in [6.45, 7) is 13.2. The number of phenols is 1. The molecule has 1 aliphatic carbocycles. The number of carbonyl (C=O) groups is 1. The van der Waals surface area contributed by atoms with Crippen LogP contribution in [0.5, 0.6) is 17.2 Å². The van der Waals surface area contributed by atoms with Crippen LogP contribution < -0.4 is 20.3 Å². The maximum absolute atomic E-state index is 12.8. The Morgan fingerprint density at radius 2 is 1.70 bits per heavy atom. The summed E-state index contributed by atoms with van der Waals surface area (Å²) in [6, 6.07) is 18.2. The molecule has 1 fully saturated rings. The molecule has 6 rings (SSSR count). The van der Waals surface area contributed by atoms with Gasteiger partial charge in [-0.3, -0.25) is 4.79 Å². The van der Waals surface area contributed by atoms with E-state index in [4.69, 9.17) is 30.2 Å². The molecule has 3 heterocycles. The van der Waals surface area contributed by atoms with E-state index in [2.05, 4.69) is 56.1 Å². The van der Waals surface area contributed by atoms with Crippen LogP contribution in [-0.2, 0) is 26.1 Å². The topological polar surface area (TPSA) is 143 Å². The Bertz CT molecular complexity index is 2220. The Balaban J connectivity index is 1.02. The summed E-state index contributed by atoms with van der Waals surface area (Å²) < 4.78 is 25.5. The molecule has 0 amide bonds. The minimum Gasteiger partial charge on any atom is -0.506 e. The normalized spacial score (nSPS) is 16.9. The molecule has 3 aromatic heterocycles. The van der Waals surface area contributed by atoms with Crippen LogP contribution in [0.15, 0.2) is 76.2 Å². The molecule has 11 nitrogen and oxygen atoms in total. The van der Waals surface area contributed by atoms with Gasteiger partial charge in [-0.15, -0.1) is 22.7 Å². The zero-order chi connectivity index (χ0) is 43.2. The number of aromatic amines is 1. The fraction of sp³-hybridized carbons (Fsp3) is 0.467. The average Bonchev–Trinajstić information content (AvgIpc) is 3.95. The highest BCUT2D eigenvalue weighted by Gasteiger charge is 2.48. The van der Waals surface area contributed by atoms with Crippen molar-refractivity contribution < 1.29 is 33.6 Å². The summed E-state index contributed by atoms with van der Waals surface area (Å²) in [5.74, 6) is 0.237. The highest BCUT2D eigenvalue weighted by molar-refractivity contribution is 7.12. The SMILES string of the molecule is COc1cc(OCCCN(C)C2CCC(OC(C(=O)O)(c3cccs3)c3cccs3)CC2)c(Cl)cc1CNC[C@H](O[Si](C)(C)C(C)(C)C)c1ccc(O)c2[nH]c(=O)ccc12. The van der Waals surface area contributed by atoms with Crippen LogP contribution in [0, 0.1) is 0 Å². The van der Waals surface area contributed by atoms with Crippen LogP contribution in [0.2, 0.25) is 23.2 Å². The second-order valence-corrected chi connectivity index (χ2v) is 24.1. The second-order valence-electron chi connectivity index (χ2n) is 17.0. The van der Waals surface area contributed by atoms with Crippen molar-refractivity contribution in [3.8, 4) is 17.2 Å². The summed E-state index contributed by atoms with van der Waals surface area (Å²) in [4.78, 5) is 31.5. The third-order valence-electron chi connectivity index (χ3n) is 12.0. The molecular weight excluding hydrogens is 838 g/mol. The van der Waals surface area contributed by atoms with Crippen LogP contribution >= 0.6 is 34.3 Å². The number of ether oxygens (including phenoxy) is 3. The van der Waals surface area contributed by atoms with Crippen LogP contribution in [0.1, 0.15) is 79.9 Å². The highest BCUT2D eigenvalue weighted by atomic mass is 35.5. The van der Waals surface area contributed by atoms with E-state index in [1.54, 1.807) is 19.2 Å². The van der Waals surface area contributed by atoms with E-state index in [1.807, 2.05) is 53.2 Å². The van der Waals surface area contributed by atoms with Crippen molar-refractivity contribution in [3.05, 3.63) is 108 Å². The number of carboxylic acid groups (broad SMARTS) is 1. The van der Waals surface area contributed by atoms with Crippen molar-refractivity contribution in [3.63, 3.8) is 0 Å². The van der Waals surface area contributed by atoms with Crippen molar-refractivity contribution in [1.29, 1.82) is 0 Å². The molecule has 2 aromatic carbocycles. The minimum atomic E-state index is -2.25. The van der Waals surface area contributed by atoms with Gasteiger partial charge in [-0.05, 0) is 104 Å². The Morgan fingerprint density at radius 3 is 2.30 bits per heavy atom. The molecule has 324 valence electrons. The lowest BCUT2D eigenvalue weighted by atomic mass is 9.90. The number of nitrogens with zero attached hydrogens (tertiary/aromatic N) is 1. The summed E-state index contributed by atoms with van der Waals surface area (Å²) >= 11 is 9.63. The number of carboxylic acids is 1. The fourth-order valence-corrected chi connectivity index (χ4v) is 11.0. The third kappa shape index (κ3) is 10.3. The van der Waals surface area contributed by atoms with Gasteiger partial charge in [0.15, 0.2) is 8.32 Å². The van der Waals surface area contributed by atoms with Gasteiger partial charge in [0.25, 0.3) is 0 Å². The number of aliphatic carboxylic acids is 1. The van der Waals surface area contributed by atoms with Gasteiger partial charge in [0.2, 0.25) is 11.2 Å². The summed E-state index contributed by atoms with van der Waals surface area (Å²) in [6.07, 6.45) is 3.68. The Labute approximate surface area is 366 Å². The maximum Gasteiger partial charge on any atom is 0.347 e. The number of H-pyrrole nitrogens is 1. The van der Waals surface area contributed by atoms with E-state index in [0.717, 1.165) is 55.2 Å². The fourth-order valence-electron chi connectivity index (χ4n) is 7.63. The highest BCUT2D eigenvalue weighted by Crippen LogP contribution is 2.44.